The summed E-state index contributed by atoms with van der Waals surface area (Å²) in [7, 11) is 0. The number of amides is 1. The summed E-state index contributed by atoms with van der Waals surface area (Å²) in [5.74, 6) is -0.696. The molecule has 5 nitrogen and oxygen atoms in total. The van der Waals surface area contributed by atoms with Gasteiger partial charge in [0.05, 0.1) is 11.8 Å². The van der Waals surface area contributed by atoms with E-state index in [-0.39, 0.29) is 11.3 Å². The summed E-state index contributed by atoms with van der Waals surface area (Å²) in [6.45, 7) is 0. The first-order valence-electron chi connectivity index (χ1n) is 5.39. The zero-order valence-electron chi connectivity index (χ0n) is 9.75. The van der Waals surface area contributed by atoms with Gasteiger partial charge in [0.1, 0.15) is 5.75 Å². The Kier molecular flexibility index (Phi) is 4.10. The maximum atomic E-state index is 11.7. The maximum Gasteiger partial charge on any atom is 0.275 e. The first-order chi connectivity index (χ1) is 9.16. The quantitative estimate of drug-likeness (QED) is 0.666. The van der Waals surface area contributed by atoms with Crippen LogP contribution in [0.2, 0.25) is 5.02 Å². The van der Waals surface area contributed by atoms with E-state index in [0.29, 0.717) is 5.02 Å². The lowest BCUT2D eigenvalue weighted by Gasteiger charge is -2.03. The van der Waals surface area contributed by atoms with E-state index in [4.69, 9.17) is 11.6 Å². The van der Waals surface area contributed by atoms with Crippen molar-refractivity contribution in [3.8, 4) is 5.75 Å². The number of phenols is 1. The summed E-state index contributed by atoms with van der Waals surface area (Å²) in [4.78, 5) is 15.7. The van der Waals surface area contributed by atoms with Crippen molar-refractivity contribution in [2.75, 3.05) is 0 Å². The Morgan fingerprint density at radius 3 is 3.00 bits per heavy atom. The van der Waals surface area contributed by atoms with Gasteiger partial charge < -0.3 is 5.11 Å². The Bertz CT molecular complexity index is 615. The average molecular weight is 276 g/mol. The van der Waals surface area contributed by atoms with Crippen LogP contribution in [0.3, 0.4) is 0 Å². The first-order valence-corrected chi connectivity index (χ1v) is 5.76. The van der Waals surface area contributed by atoms with Gasteiger partial charge in [0, 0.05) is 23.0 Å². The van der Waals surface area contributed by atoms with Gasteiger partial charge in [0.15, 0.2) is 0 Å². The number of carbonyl (C=O) groups is 1. The second-order valence-corrected chi connectivity index (χ2v) is 4.08. The van der Waals surface area contributed by atoms with E-state index in [1.54, 1.807) is 24.5 Å². The van der Waals surface area contributed by atoms with E-state index in [0.717, 1.165) is 5.56 Å². The first kappa shape index (κ1) is 13.0. The summed E-state index contributed by atoms with van der Waals surface area (Å²) in [6, 6.07) is 7.76. The molecule has 0 aliphatic heterocycles. The fourth-order valence-electron chi connectivity index (χ4n) is 1.37. The predicted octanol–water partition coefficient (Wildman–Crippen LogP) is 2.20. The molecule has 2 N–H and O–H groups in total. The van der Waals surface area contributed by atoms with Crippen molar-refractivity contribution in [2.45, 2.75) is 0 Å². The molecule has 0 bridgehead atoms. The Morgan fingerprint density at radius 1 is 1.42 bits per heavy atom. The number of pyridine rings is 1. The monoisotopic (exact) mass is 275 g/mol. The molecule has 0 aliphatic rings. The number of benzene rings is 1. The zero-order chi connectivity index (χ0) is 13.7. The van der Waals surface area contributed by atoms with E-state index >= 15 is 0 Å². The molecule has 2 aromatic rings. The maximum absolute atomic E-state index is 11.7. The number of aromatic hydroxyl groups is 1. The molecule has 19 heavy (non-hydrogen) atoms. The van der Waals surface area contributed by atoms with Crippen LogP contribution < -0.4 is 5.43 Å². The van der Waals surface area contributed by atoms with Crippen LogP contribution >= 0.6 is 11.6 Å². The van der Waals surface area contributed by atoms with E-state index in [9.17, 15) is 9.90 Å². The fraction of sp³-hybridized carbons (Fsp3) is 0. The number of hydrogen-bond donors (Lipinski definition) is 2. The molecule has 0 spiro atoms. The third-order valence-electron chi connectivity index (χ3n) is 2.27. The van der Waals surface area contributed by atoms with E-state index < -0.39 is 5.91 Å². The molecule has 1 aromatic carbocycles. The highest BCUT2D eigenvalue weighted by Crippen LogP contribution is 2.21. The molecule has 1 heterocycles. The van der Waals surface area contributed by atoms with Gasteiger partial charge in [0.25, 0.3) is 5.91 Å². The second-order valence-electron chi connectivity index (χ2n) is 3.65. The summed E-state index contributed by atoms with van der Waals surface area (Å²) in [5.41, 5.74) is 3.11. The number of nitrogens with one attached hydrogen (secondary N) is 1. The Labute approximate surface area is 114 Å². The lowest BCUT2D eigenvalue weighted by atomic mass is 10.2. The number of carbonyl (C=O) groups excluding carboxylic acids is 1. The molecule has 0 aliphatic carbocycles. The van der Waals surface area contributed by atoms with E-state index in [1.165, 1.54) is 24.4 Å². The Morgan fingerprint density at radius 2 is 2.26 bits per heavy atom. The second kappa shape index (κ2) is 5.97. The molecular formula is C13H10ClN3O2. The lowest BCUT2D eigenvalue weighted by molar-refractivity contribution is 0.0952. The third kappa shape index (κ3) is 3.53. The van der Waals surface area contributed by atoms with E-state index in [2.05, 4.69) is 15.5 Å². The number of phenolic OH excluding ortho intramolecular Hbond substituents is 1. The van der Waals surface area contributed by atoms with Crippen molar-refractivity contribution in [3.05, 3.63) is 58.9 Å². The number of halogens is 1. The van der Waals surface area contributed by atoms with Gasteiger partial charge in [-0.25, -0.2) is 5.43 Å². The van der Waals surface area contributed by atoms with E-state index in [1.807, 2.05) is 0 Å². The summed E-state index contributed by atoms with van der Waals surface area (Å²) >= 11 is 5.75. The van der Waals surface area contributed by atoms with Crippen LogP contribution in [0.25, 0.3) is 0 Å². The molecule has 2 rings (SSSR count). The van der Waals surface area contributed by atoms with Gasteiger partial charge in [-0.1, -0.05) is 17.7 Å². The molecule has 0 radical (unpaired) electrons. The Hall–Kier alpha value is -2.40. The van der Waals surface area contributed by atoms with Gasteiger partial charge in [0.2, 0.25) is 0 Å². The van der Waals surface area contributed by atoms with Gasteiger partial charge in [-0.15, -0.1) is 0 Å². The van der Waals surface area contributed by atoms with Crippen molar-refractivity contribution in [2.24, 2.45) is 5.10 Å². The lowest BCUT2D eigenvalue weighted by Crippen LogP contribution is -2.17. The molecular weight excluding hydrogens is 266 g/mol. The highest BCUT2D eigenvalue weighted by atomic mass is 35.5. The highest BCUT2D eigenvalue weighted by molar-refractivity contribution is 6.31. The fourth-order valence-corrected chi connectivity index (χ4v) is 1.54. The van der Waals surface area contributed by atoms with Gasteiger partial charge >= 0.3 is 0 Å². The SMILES string of the molecule is O=C(N/N=C/c1cccnc1)c1cc(Cl)ccc1O. The molecule has 6 heteroatoms. The van der Waals surface area contributed by atoms with Crippen LogP contribution in [0, 0.1) is 0 Å². The largest absolute Gasteiger partial charge is 0.507 e. The minimum atomic E-state index is -0.542. The molecule has 0 unspecified atom stereocenters. The van der Waals surface area contributed by atoms with Crippen molar-refractivity contribution >= 4 is 23.7 Å². The number of aromatic nitrogens is 1. The molecule has 96 valence electrons. The van der Waals surface area contributed by atoms with Gasteiger partial charge in [-0.2, -0.15) is 5.10 Å². The predicted molar refractivity (Wildman–Crippen MR) is 72.4 cm³/mol. The number of hydrogen-bond acceptors (Lipinski definition) is 4. The van der Waals surface area contributed by atoms with Crippen molar-refractivity contribution in [1.29, 1.82) is 0 Å². The average Bonchev–Trinajstić information content (AvgIpc) is 2.42. The summed E-state index contributed by atoms with van der Waals surface area (Å²) < 4.78 is 0. The summed E-state index contributed by atoms with van der Waals surface area (Å²) in [6.07, 6.45) is 4.69. The van der Waals surface area contributed by atoms with Crippen molar-refractivity contribution in [1.82, 2.24) is 10.4 Å². The molecule has 0 atom stereocenters. The minimum absolute atomic E-state index is 0.0656. The van der Waals surface area contributed by atoms with Gasteiger partial charge in [-0.05, 0) is 24.3 Å². The normalized spacial score (nSPS) is 10.6. The van der Waals surface area contributed by atoms with Crippen molar-refractivity contribution < 1.29 is 9.90 Å². The smallest absolute Gasteiger partial charge is 0.275 e. The molecule has 1 aromatic heterocycles. The van der Waals surface area contributed by atoms with Gasteiger partial charge in [-0.3, -0.25) is 9.78 Å². The van der Waals surface area contributed by atoms with Crippen LogP contribution in [0.1, 0.15) is 15.9 Å². The third-order valence-corrected chi connectivity index (χ3v) is 2.50. The minimum Gasteiger partial charge on any atom is -0.507 e. The number of rotatable bonds is 3. The molecule has 0 saturated heterocycles. The highest BCUT2D eigenvalue weighted by Gasteiger charge is 2.10. The molecule has 0 fully saturated rings. The Balaban J connectivity index is 2.06. The number of nitrogens with zero attached hydrogens (tertiary/aromatic N) is 2. The zero-order valence-corrected chi connectivity index (χ0v) is 10.5. The summed E-state index contributed by atoms with van der Waals surface area (Å²) in [5, 5.41) is 13.7. The van der Waals surface area contributed by atoms with Crippen LogP contribution in [-0.4, -0.2) is 22.2 Å². The van der Waals surface area contributed by atoms with Crippen LogP contribution in [0.5, 0.6) is 5.75 Å². The van der Waals surface area contributed by atoms with Crippen LogP contribution in [-0.2, 0) is 0 Å². The topological polar surface area (TPSA) is 74.6 Å². The molecule has 0 saturated carbocycles. The van der Waals surface area contributed by atoms with Crippen LogP contribution in [0.15, 0.2) is 47.8 Å². The van der Waals surface area contributed by atoms with Crippen LogP contribution in [0.4, 0.5) is 0 Å². The number of hydrazone groups is 1. The van der Waals surface area contributed by atoms with Crippen molar-refractivity contribution in [3.63, 3.8) is 0 Å². The standard InChI is InChI=1S/C13H10ClN3O2/c14-10-3-4-12(18)11(6-10)13(19)17-16-8-9-2-1-5-15-7-9/h1-8,18H,(H,17,19)/b16-8+. The molecule has 1 amide bonds.